The first-order valence-electron chi connectivity index (χ1n) is 2.81. The summed E-state index contributed by atoms with van der Waals surface area (Å²) in [5, 5.41) is 2.95. The van der Waals surface area contributed by atoms with Crippen LogP contribution in [-0.4, -0.2) is 17.4 Å². The second-order valence-corrected chi connectivity index (χ2v) is 2.04. The minimum absolute atomic E-state index is 0.0972. The molecule has 0 spiro atoms. The smallest absolute Gasteiger partial charge is 0.205 e. The maximum absolute atomic E-state index is 10.8. The zero-order chi connectivity index (χ0) is 6.27. The Kier molecular flexibility index (Phi) is 0.704. The highest BCUT2D eigenvalue weighted by Crippen LogP contribution is 2.15. The molecule has 0 saturated heterocycles. The van der Waals surface area contributed by atoms with Crippen molar-refractivity contribution in [3.63, 3.8) is 0 Å². The Hall–Kier alpha value is -1.25. The number of hydrogen-bond donors (Lipinski definition) is 1. The van der Waals surface area contributed by atoms with Crippen molar-refractivity contribution in [3.05, 3.63) is 24.2 Å². The average Bonchev–Trinajstić information content (AvgIpc) is 2.35. The van der Waals surface area contributed by atoms with E-state index in [4.69, 9.17) is 0 Å². The predicted octanol–water partition coefficient (Wildman–Crippen LogP) is -0.213. The van der Waals surface area contributed by atoms with E-state index in [0.29, 0.717) is 0 Å². The number of carbonyl (C=O) groups excluding carboxylic acids is 1. The first kappa shape index (κ1) is 4.61. The zero-order valence-corrected chi connectivity index (χ0v) is 4.79. The Morgan fingerprint density at radius 1 is 1.67 bits per heavy atom. The van der Waals surface area contributed by atoms with Crippen LogP contribution in [0.3, 0.4) is 0 Å². The molecule has 0 atom stereocenters. The van der Waals surface area contributed by atoms with Crippen LogP contribution >= 0.6 is 0 Å². The van der Waals surface area contributed by atoms with Gasteiger partial charge in [0, 0.05) is 18.5 Å². The fourth-order valence-corrected chi connectivity index (χ4v) is 0.997. The maximum atomic E-state index is 10.8. The van der Waals surface area contributed by atoms with Gasteiger partial charge in [-0.25, -0.2) is 0 Å². The molecule has 0 aromatic heterocycles. The van der Waals surface area contributed by atoms with Gasteiger partial charge in [-0.1, -0.05) is 0 Å². The Balaban J connectivity index is 2.40. The summed E-state index contributed by atoms with van der Waals surface area (Å²) in [5.41, 5.74) is 0.759. The van der Waals surface area contributed by atoms with Gasteiger partial charge in [0.15, 0.2) is 0 Å². The molecule has 3 heteroatoms. The first-order chi connectivity index (χ1) is 4.38. The van der Waals surface area contributed by atoms with E-state index >= 15 is 0 Å². The number of rotatable bonds is 0. The number of fused-ring (bicyclic) bond motifs is 1. The molecule has 0 aromatic carbocycles. The Morgan fingerprint density at radius 2 is 2.56 bits per heavy atom. The van der Waals surface area contributed by atoms with Gasteiger partial charge < -0.3 is 10.2 Å². The van der Waals surface area contributed by atoms with Crippen LogP contribution in [0.1, 0.15) is 0 Å². The van der Waals surface area contributed by atoms with Crippen LogP contribution in [0, 0.1) is 0 Å². The lowest BCUT2D eigenvalue weighted by molar-refractivity contribution is -0.111. The van der Waals surface area contributed by atoms with Crippen molar-refractivity contribution in [2.75, 3.05) is 6.67 Å². The van der Waals surface area contributed by atoms with E-state index in [1.165, 1.54) is 0 Å². The van der Waals surface area contributed by atoms with E-state index in [1.807, 2.05) is 4.90 Å². The van der Waals surface area contributed by atoms with Crippen LogP contribution in [0.15, 0.2) is 24.2 Å². The van der Waals surface area contributed by atoms with Gasteiger partial charge in [-0.2, -0.15) is 0 Å². The number of carbonyl (C=O) groups is 1. The van der Waals surface area contributed by atoms with Crippen LogP contribution in [0.25, 0.3) is 0 Å². The summed E-state index contributed by atoms with van der Waals surface area (Å²) in [7, 11) is 0. The van der Waals surface area contributed by atoms with Crippen molar-refractivity contribution in [3.8, 4) is 0 Å². The standard InChI is InChI=1S/C6H6N2O/c9-6-1-2-8-4-7-3-5(6)8/h1-3,7H,4H2. The fraction of sp³-hybridized carbons (Fsp3) is 0.167. The monoisotopic (exact) mass is 122 g/mol. The van der Waals surface area contributed by atoms with Crippen LogP contribution in [0.4, 0.5) is 0 Å². The summed E-state index contributed by atoms with van der Waals surface area (Å²) in [5.74, 6) is 0.0972. The number of hydrogen-bond acceptors (Lipinski definition) is 3. The van der Waals surface area contributed by atoms with Gasteiger partial charge in [0.1, 0.15) is 5.70 Å². The molecule has 0 radical (unpaired) electrons. The Morgan fingerprint density at radius 3 is 3.33 bits per heavy atom. The molecule has 46 valence electrons. The lowest BCUT2D eigenvalue weighted by Crippen LogP contribution is -2.15. The van der Waals surface area contributed by atoms with Crippen LogP contribution in [-0.2, 0) is 4.79 Å². The van der Waals surface area contributed by atoms with Gasteiger partial charge in [0.2, 0.25) is 5.78 Å². The Bertz CT molecular complexity index is 217. The van der Waals surface area contributed by atoms with Crippen LogP contribution in [0.5, 0.6) is 0 Å². The molecule has 0 amide bonds. The van der Waals surface area contributed by atoms with E-state index in [1.54, 1.807) is 18.5 Å². The molecule has 0 fully saturated rings. The second kappa shape index (κ2) is 1.37. The van der Waals surface area contributed by atoms with Gasteiger partial charge >= 0.3 is 0 Å². The largest absolute Gasteiger partial charge is 0.372 e. The molecule has 0 saturated carbocycles. The summed E-state index contributed by atoms with van der Waals surface area (Å²) in [4.78, 5) is 12.7. The molecule has 9 heavy (non-hydrogen) atoms. The highest BCUT2D eigenvalue weighted by molar-refractivity contribution is 6.05. The molecule has 0 aliphatic carbocycles. The molecule has 2 heterocycles. The predicted molar refractivity (Wildman–Crippen MR) is 32.1 cm³/mol. The van der Waals surface area contributed by atoms with Crippen LogP contribution < -0.4 is 5.32 Å². The van der Waals surface area contributed by atoms with Crippen molar-refractivity contribution in [2.24, 2.45) is 0 Å². The summed E-state index contributed by atoms with van der Waals surface area (Å²) in [6.45, 7) is 0.734. The van der Waals surface area contributed by atoms with Crippen molar-refractivity contribution in [1.29, 1.82) is 0 Å². The third kappa shape index (κ3) is 0.483. The minimum Gasteiger partial charge on any atom is -0.372 e. The van der Waals surface area contributed by atoms with E-state index in [2.05, 4.69) is 5.32 Å². The summed E-state index contributed by atoms with van der Waals surface area (Å²) in [6.07, 6.45) is 5.10. The van der Waals surface area contributed by atoms with Gasteiger partial charge in [-0.3, -0.25) is 4.79 Å². The second-order valence-electron chi connectivity index (χ2n) is 2.04. The average molecular weight is 122 g/mol. The number of allylic oxidation sites excluding steroid dienone is 1. The molecular formula is C6H6N2O. The van der Waals surface area contributed by atoms with Crippen molar-refractivity contribution in [2.45, 2.75) is 0 Å². The van der Waals surface area contributed by atoms with Crippen molar-refractivity contribution in [1.82, 2.24) is 10.2 Å². The lowest BCUT2D eigenvalue weighted by atomic mass is 10.3. The Labute approximate surface area is 52.6 Å². The van der Waals surface area contributed by atoms with Gasteiger partial charge in [0.05, 0.1) is 6.67 Å². The molecule has 3 nitrogen and oxygen atoms in total. The van der Waals surface area contributed by atoms with E-state index in [9.17, 15) is 4.79 Å². The van der Waals surface area contributed by atoms with E-state index < -0.39 is 0 Å². The fourth-order valence-electron chi connectivity index (χ4n) is 0.997. The van der Waals surface area contributed by atoms with E-state index in [-0.39, 0.29) is 5.78 Å². The lowest BCUT2D eigenvalue weighted by Gasteiger charge is -2.06. The van der Waals surface area contributed by atoms with Gasteiger partial charge in [0.25, 0.3) is 0 Å². The maximum Gasteiger partial charge on any atom is 0.205 e. The van der Waals surface area contributed by atoms with Crippen molar-refractivity contribution >= 4 is 5.78 Å². The summed E-state index contributed by atoms with van der Waals surface area (Å²) >= 11 is 0. The van der Waals surface area contributed by atoms with Gasteiger partial charge in [-0.15, -0.1) is 0 Å². The molecule has 0 unspecified atom stereocenters. The molecule has 0 bridgehead atoms. The molecule has 2 aliphatic heterocycles. The SMILES string of the molecule is O=C1C=CN2CNC=C12. The molecular weight excluding hydrogens is 116 g/mol. The van der Waals surface area contributed by atoms with E-state index in [0.717, 1.165) is 12.4 Å². The first-order valence-corrected chi connectivity index (χ1v) is 2.81. The van der Waals surface area contributed by atoms with Crippen LogP contribution in [0.2, 0.25) is 0 Å². The molecule has 2 rings (SSSR count). The quantitative estimate of drug-likeness (QED) is 0.482. The summed E-state index contributed by atoms with van der Waals surface area (Å²) < 4.78 is 0. The highest BCUT2D eigenvalue weighted by Gasteiger charge is 2.22. The third-order valence-electron chi connectivity index (χ3n) is 1.47. The van der Waals surface area contributed by atoms with Crippen molar-refractivity contribution < 1.29 is 4.79 Å². The number of nitrogens with zero attached hydrogens (tertiary/aromatic N) is 1. The number of nitrogens with one attached hydrogen (secondary N) is 1. The van der Waals surface area contributed by atoms with Gasteiger partial charge in [-0.05, 0) is 0 Å². The molecule has 0 aromatic rings. The minimum atomic E-state index is 0.0972. The summed E-state index contributed by atoms with van der Waals surface area (Å²) in [6, 6.07) is 0. The highest BCUT2D eigenvalue weighted by atomic mass is 16.1. The normalized spacial score (nSPS) is 22.0. The molecule has 1 N–H and O–H groups in total. The number of ketones is 1. The molecule has 2 aliphatic rings. The third-order valence-corrected chi connectivity index (χ3v) is 1.47. The zero-order valence-electron chi connectivity index (χ0n) is 4.79. The topological polar surface area (TPSA) is 32.3 Å².